The van der Waals surface area contributed by atoms with E-state index in [1.807, 2.05) is 0 Å². The summed E-state index contributed by atoms with van der Waals surface area (Å²) in [6.45, 7) is 1.74. The van der Waals surface area contributed by atoms with Crippen LogP contribution in [0.5, 0.6) is 0 Å². The van der Waals surface area contributed by atoms with Gasteiger partial charge in [0.15, 0.2) is 15.1 Å². The number of ether oxygens (including phenoxy) is 1. The molecule has 1 saturated heterocycles. The number of carbonyl (C=O) groups is 1. The molecule has 2 atom stereocenters. The molecule has 0 radical (unpaired) electrons. The van der Waals surface area contributed by atoms with Crippen molar-refractivity contribution in [2.75, 3.05) is 26.3 Å². The molecule has 38 heavy (non-hydrogen) atoms. The normalized spacial score (nSPS) is 16.0. The van der Waals surface area contributed by atoms with Crippen molar-refractivity contribution in [2.24, 2.45) is 0 Å². The number of nitrogens with one attached hydrogen (secondary N) is 1. The van der Waals surface area contributed by atoms with Crippen LogP contribution in [0.4, 0.5) is 0 Å². The van der Waals surface area contributed by atoms with E-state index in [-0.39, 0.29) is 35.0 Å². The first-order valence-corrected chi connectivity index (χ1v) is 15.1. The molecule has 2 N–H and O–H groups in total. The van der Waals surface area contributed by atoms with Gasteiger partial charge in [0.2, 0.25) is 23.0 Å². The van der Waals surface area contributed by atoms with Crippen LogP contribution in [0, 0.1) is 0 Å². The van der Waals surface area contributed by atoms with Crippen molar-refractivity contribution in [2.45, 2.75) is 17.5 Å². The lowest BCUT2D eigenvalue weighted by Crippen LogP contribution is -2.40. The maximum atomic E-state index is 13.7. The van der Waals surface area contributed by atoms with E-state index in [0.717, 1.165) is 11.3 Å². The number of sulfone groups is 1. The molecule has 3 heterocycles. The van der Waals surface area contributed by atoms with Crippen molar-refractivity contribution in [1.29, 1.82) is 0 Å². The molecule has 12 nitrogen and oxygen atoms in total. The van der Waals surface area contributed by atoms with Crippen LogP contribution in [-0.2, 0) is 38.1 Å². The summed E-state index contributed by atoms with van der Waals surface area (Å²) in [5.74, 6) is -0.688. The van der Waals surface area contributed by atoms with Gasteiger partial charge < -0.3 is 14.1 Å². The average Bonchev–Trinajstić information content (AvgIpc) is 3.54. The highest BCUT2D eigenvalue weighted by Gasteiger charge is 2.37. The number of nitrogens with zero attached hydrogens (tertiary/aromatic N) is 4. The largest absolute Gasteiger partial charge is 0.422 e. The van der Waals surface area contributed by atoms with Gasteiger partial charge in [-0.1, -0.05) is 30.3 Å². The number of benzene rings is 2. The molecule has 0 spiro atoms. The molecular weight excluding hydrogens is 554 g/mol. The number of rotatable bonds is 9. The van der Waals surface area contributed by atoms with Crippen LogP contribution >= 0.6 is 11.3 Å². The Morgan fingerprint density at radius 1 is 1.16 bits per heavy atom. The van der Waals surface area contributed by atoms with Gasteiger partial charge in [0.05, 0.1) is 35.7 Å². The monoisotopic (exact) mass is 577 g/mol. The molecule has 1 aliphatic rings. The SMILES string of the molecule is O=C(c1ccc2nc(C(c3nnc(CNS(=O)O)o3)S(=O)(=O)Cc3ccccc3)sc2c1)N1CCOCC1. The minimum Gasteiger partial charge on any atom is -0.422 e. The summed E-state index contributed by atoms with van der Waals surface area (Å²) in [6.07, 6.45) is 0. The van der Waals surface area contributed by atoms with Crippen molar-refractivity contribution in [3.8, 4) is 0 Å². The van der Waals surface area contributed by atoms with E-state index in [0.29, 0.717) is 47.6 Å². The lowest BCUT2D eigenvalue weighted by molar-refractivity contribution is 0.0303. The van der Waals surface area contributed by atoms with Gasteiger partial charge in [-0.25, -0.2) is 22.3 Å². The number of hydrogen-bond acceptors (Lipinski definition) is 10. The Bertz CT molecular complexity index is 1570. The molecule has 1 aliphatic heterocycles. The molecular formula is C23H23N5O7S3. The number of amides is 1. The summed E-state index contributed by atoms with van der Waals surface area (Å²) in [6, 6.07) is 13.7. The van der Waals surface area contributed by atoms with Gasteiger partial charge in [-0.05, 0) is 23.8 Å². The summed E-state index contributed by atoms with van der Waals surface area (Å²) in [5.41, 5.74) is 1.58. The highest BCUT2D eigenvalue weighted by molar-refractivity contribution is 7.91. The Balaban J connectivity index is 1.51. The van der Waals surface area contributed by atoms with E-state index >= 15 is 0 Å². The molecule has 2 aromatic heterocycles. The number of thiazole rings is 1. The molecule has 1 fully saturated rings. The minimum atomic E-state index is -3.96. The molecule has 0 saturated carbocycles. The summed E-state index contributed by atoms with van der Waals surface area (Å²) in [7, 11) is -3.96. The van der Waals surface area contributed by atoms with E-state index in [1.165, 1.54) is 0 Å². The second kappa shape index (κ2) is 11.3. The lowest BCUT2D eigenvalue weighted by Gasteiger charge is -2.26. The van der Waals surface area contributed by atoms with Crippen LogP contribution in [0.15, 0.2) is 52.9 Å². The van der Waals surface area contributed by atoms with Crippen LogP contribution in [0.3, 0.4) is 0 Å². The number of aromatic nitrogens is 3. The van der Waals surface area contributed by atoms with Crippen molar-refractivity contribution >= 4 is 48.6 Å². The Labute approximate surface area is 224 Å². The zero-order chi connectivity index (χ0) is 26.7. The number of hydrogen-bond donors (Lipinski definition) is 2. The molecule has 2 unspecified atom stereocenters. The third kappa shape index (κ3) is 5.98. The van der Waals surface area contributed by atoms with Crippen molar-refractivity contribution in [3.05, 3.63) is 76.4 Å². The van der Waals surface area contributed by atoms with E-state index in [9.17, 15) is 17.4 Å². The van der Waals surface area contributed by atoms with Crippen molar-refractivity contribution < 1.29 is 31.1 Å². The van der Waals surface area contributed by atoms with Crippen LogP contribution in [0.2, 0.25) is 0 Å². The van der Waals surface area contributed by atoms with E-state index in [4.69, 9.17) is 13.7 Å². The van der Waals surface area contributed by atoms with Gasteiger partial charge >= 0.3 is 0 Å². The summed E-state index contributed by atoms with van der Waals surface area (Å²) in [5, 5.41) is 6.59. The Hall–Kier alpha value is -3.08. The van der Waals surface area contributed by atoms with Gasteiger partial charge in [-0.15, -0.1) is 21.5 Å². The minimum absolute atomic E-state index is 0.0539. The number of carbonyl (C=O) groups excluding carboxylic acids is 1. The molecule has 0 aliphatic carbocycles. The fourth-order valence-electron chi connectivity index (χ4n) is 4.01. The molecule has 4 aromatic rings. The smallest absolute Gasteiger partial charge is 0.254 e. The number of fused-ring (bicyclic) bond motifs is 1. The molecule has 200 valence electrons. The first kappa shape index (κ1) is 26.5. The molecule has 0 bridgehead atoms. The summed E-state index contributed by atoms with van der Waals surface area (Å²) < 4.78 is 61.1. The Morgan fingerprint density at radius 3 is 2.66 bits per heavy atom. The lowest BCUT2D eigenvalue weighted by atomic mass is 10.2. The van der Waals surface area contributed by atoms with E-state index in [2.05, 4.69) is 19.9 Å². The second-order valence-corrected chi connectivity index (χ2v) is 12.4. The van der Waals surface area contributed by atoms with Crippen LogP contribution in [0.25, 0.3) is 10.2 Å². The Morgan fingerprint density at radius 2 is 1.92 bits per heavy atom. The quantitative estimate of drug-likeness (QED) is 0.281. The summed E-state index contributed by atoms with van der Waals surface area (Å²) >= 11 is -1.18. The van der Waals surface area contributed by atoms with E-state index < -0.39 is 26.4 Å². The number of morpholine rings is 1. The van der Waals surface area contributed by atoms with E-state index in [1.54, 1.807) is 53.4 Å². The van der Waals surface area contributed by atoms with Crippen LogP contribution in [0.1, 0.15) is 38.0 Å². The topological polar surface area (TPSA) is 165 Å². The standard InChI is InChI=1S/C23H23N5O7S3/c29-23(28-8-10-34-11-9-28)16-6-7-17-18(12-16)36-22(25-17)20(21-27-26-19(35-21)13-24-37(30)31)38(32,33)14-15-4-2-1-3-5-15/h1-7,12,20,24H,8-11,13-14H2,(H,30,31). The zero-order valence-corrected chi connectivity index (χ0v) is 22.3. The van der Waals surface area contributed by atoms with Crippen LogP contribution < -0.4 is 4.72 Å². The maximum Gasteiger partial charge on any atom is 0.254 e. The fourth-order valence-corrected chi connectivity index (χ4v) is 7.41. The predicted octanol–water partition coefficient (Wildman–Crippen LogP) is 2.08. The van der Waals surface area contributed by atoms with Crippen molar-refractivity contribution in [3.63, 3.8) is 0 Å². The fraction of sp³-hybridized carbons (Fsp3) is 0.304. The molecule has 5 rings (SSSR count). The van der Waals surface area contributed by atoms with Crippen LogP contribution in [-0.4, -0.2) is 69.5 Å². The van der Waals surface area contributed by atoms with Crippen molar-refractivity contribution in [1.82, 2.24) is 24.8 Å². The highest BCUT2D eigenvalue weighted by Crippen LogP contribution is 2.37. The van der Waals surface area contributed by atoms with Gasteiger partial charge in [0, 0.05) is 18.7 Å². The van der Waals surface area contributed by atoms with Gasteiger partial charge in [0.1, 0.15) is 5.01 Å². The molecule has 15 heteroatoms. The van der Waals surface area contributed by atoms with Gasteiger partial charge in [-0.2, -0.15) is 0 Å². The second-order valence-electron chi connectivity index (χ2n) is 8.42. The highest BCUT2D eigenvalue weighted by atomic mass is 32.2. The molecule has 1 amide bonds. The third-order valence-electron chi connectivity index (χ3n) is 5.80. The zero-order valence-electron chi connectivity index (χ0n) is 19.8. The first-order valence-electron chi connectivity index (χ1n) is 11.5. The first-order chi connectivity index (χ1) is 18.3. The summed E-state index contributed by atoms with van der Waals surface area (Å²) in [4.78, 5) is 19.2. The average molecular weight is 578 g/mol. The van der Waals surface area contributed by atoms with Gasteiger partial charge in [-0.3, -0.25) is 9.35 Å². The molecule has 2 aromatic carbocycles. The predicted molar refractivity (Wildman–Crippen MR) is 139 cm³/mol. The van der Waals surface area contributed by atoms with Gasteiger partial charge in [0.25, 0.3) is 5.91 Å². The third-order valence-corrected chi connectivity index (χ3v) is 9.30. The Kier molecular flexibility index (Phi) is 7.92. The maximum absolute atomic E-state index is 13.7.